The number of aromatic nitrogens is 2. The van der Waals surface area contributed by atoms with Crippen molar-refractivity contribution < 1.29 is 13.2 Å². The zero-order valence-electron chi connectivity index (χ0n) is 11.5. The van der Waals surface area contributed by atoms with Crippen molar-refractivity contribution >= 4 is 11.6 Å². The average Bonchev–Trinajstić information content (AvgIpc) is 2.37. The van der Waals surface area contributed by atoms with Gasteiger partial charge < -0.3 is 10.6 Å². The minimum absolute atomic E-state index is 0.0501. The molecule has 1 saturated heterocycles. The van der Waals surface area contributed by atoms with Crippen molar-refractivity contribution in [1.82, 2.24) is 9.97 Å². The summed E-state index contributed by atoms with van der Waals surface area (Å²) in [5.74, 6) is 0.126. The number of nitrogen functional groups attached to an aromatic ring is 1. The molecule has 0 radical (unpaired) electrons. The van der Waals surface area contributed by atoms with E-state index in [1.165, 1.54) is 0 Å². The molecule has 1 atom stereocenters. The van der Waals surface area contributed by atoms with Crippen LogP contribution in [0.2, 0.25) is 0 Å². The molecule has 1 unspecified atom stereocenters. The van der Waals surface area contributed by atoms with Crippen LogP contribution in [-0.2, 0) is 6.42 Å². The van der Waals surface area contributed by atoms with E-state index in [0.717, 1.165) is 6.42 Å². The van der Waals surface area contributed by atoms with Gasteiger partial charge in [-0.15, -0.1) is 0 Å². The third kappa shape index (κ3) is 3.52. The highest BCUT2D eigenvalue weighted by atomic mass is 19.4. The first-order valence-corrected chi connectivity index (χ1v) is 6.85. The van der Waals surface area contributed by atoms with Gasteiger partial charge in [-0.1, -0.05) is 6.92 Å². The number of alkyl halides is 3. The first-order valence-electron chi connectivity index (χ1n) is 6.85. The van der Waals surface area contributed by atoms with Crippen molar-refractivity contribution in [3.05, 3.63) is 11.9 Å². The van der Waals surface area contributed by atoms with Gasteiger partial charge in [-0.2, -0.15) is 13.2 Å². The van der Waals surface area contributed by atoms with Crippen LogP contribution >= 0.6 is 0 Å². The second kappa shape index (κ2) is 5.85. The van der Waals surface area contributed by atoms with Crippen molar-refractivity contribution in [2.75, 3.05) is 23.7 Å². The van der Waals surface area contributed by atoms with Crippen LogP contribution in [0.25, 0.3) is 0 Å². The van der Waals surface area contributed by atoms with E-state index in [4.69, 9.17) is 5.73 Å². The molecule has 4 nitrogen and oxygen atoms in total. The number of halogens is 3. The number of nitrogens with zero attached hydrogens (tertiary/aromatic N) is 3. The largest absolute Gasteiger partial charge is 0.393 e. The molecular formula is C13H19F3N4. The van der Waals surface area contributed by atoms with Crippen molar-refractivity contribution in [3.8, 4) is 0 Å². The lowest BCUT2D eigenvalue weighted by Crippen LogP contribution is -2.42. The van der Waals surface area contributed by atoms with Gasteiger partial charge in [-0.05, 0) is 19.3 Å². The summed E-state index contributed by atoms with van der Waals surface area (Å²) in [6.07, 6.45) is -1.91. The van der Waals surface area contributed by atoms with Gasteiger partial charge in [-0.3, -0.25) is 0 Å². The first kappa shape index (κ1) is 14.9. The maximum absolute atomic E-state index is 12.8. The zero-order valence-corrected chi connectivity index (χ0v) is 11.5. The Morgan fingerprint density at radius 3 is 2.80 bits per heavy atom. The minimum Gasteiger partial charge on any atom is -0.384 e. The summed E-state index contributed by atoms with van der Waals surface area (Å²) in [6.45, 7) is 2.52. The predicted octanol–water partition coefficient (Wildman–Crippen LogP) is 2.79. The van der Waals surface area contributed by atoms with Crippen molar-refractivity contribution in [3.63, 3.8) is 0 Å². The molecule has 2 N–H and O–H groups in total. The van der Waals surface area contributed by atoms with E-state index in [1.807, 2.05) is 6.92 Å². The number of anilines is 2. The monoisotopic (exact) mass is 288 g/mol. The number of hydrogen-bond acceptors (Lipinski definition) is 4. The van der Waals surface area contributed by atoms with Crippen LogP contribution in [-0.4, -0.2) is 29.2 Å². The topological polar surface area (TPSA) is 55.0 Å². The van der Waals surface area contributed by atoms with E-state index in [1.54, 1.807) is 11.0 Å². The highest BCUT2D eigenvalue weighted by molar-refractivity contribution is 5.47. The lowest BCUT2D eigenvalue weighted by atomic mass is 9.97. The van der Waals surface area contributed by atoms with E-state index in [2.05, 4.69) is 9.97 Å². The van der Waals surface area contributed by atoms with Crippen LogP contribution in [0.5, 0.6) is 0 Å². The maximum Gasteiger partial charge on any atom is 0.393 e. The lowest BCUT2D eigenvalue weighted by molar-refractivity contribution is -0.176. The normalized spacial score (nSPS) is 20.2. The van der Waals surface area contributed by atoms with Crippen LogP contribution in [0.1, 0.15) is 32.0 Å². The van der Waals surface area contributed by atoms with E-state index < -0.39 is 12.1 Å². The summed E-state index contributed by atoms with van der Waals surface area (Å²) >= 11 is 0. The molecule has 1 fully saturated rings. The summed E-state index contributed by atoms with van der Waals surface area (Å²) < 4.78 is 38.5. The summed E-state index contributed by atoms with van der Waals surface area (Å²) in [7, 11) is 0. The van der Waals surface area contributed by atoms with Gasteiger partial charge in [0, 0.05) is 25.6 Å². The van der Waals surface area contributed by atoms with Gasteiger partial charge in [0.05, 0.1) is 5.92 Å². The Kier molecular flexibility index (Phi) is 4.35. The van der Waals surface area contributed by atoms with Gasteiger partial charge in [0.15, 0.2) is 0 Å². The van der Waals surface area contributed by atoms with Crippen LogP contribution in [0.15, 0.2) is 6.07 Å². The Hall–Kier alpha value is -1.53. The number of rotatable bonds is 3. The molecule has 0 aromatic carbocycles. The standard InChI is InChI=1S/C13H19F3N4/c1-2-4-11-18-10(17)7-12(19-11)20-6-3-5-9(8-20)13(14,15)16/h7,9H,2-6,8H2,1H3,(H2,17,18,19). The summed E-state index contributed by atoms with van der Waals surface area (Å²) in [5.41, 5.74) is 5.72. The summed E-state index contributed by atoms with van der Waals surface area (Å²) in [4.78, 5) is 10.1. The van der Waals surface area contributed by atoms with Gasteiger partial charge in [-0.25, -0.2) is 9.97 Å². The molecule has 1 aromatic heterocycles. The highest BCUT2D eigenvalue weighted by Gasteiger charge is 2.42. The molecule has 2 rings (SSSR count). The quantitative estimate of drug-likeness (QED) is 0.929. The second-order valence-electron chi connectivity index (χ2n) is 5.14. The molecule has 1 aliphatic heterocycles. The molecule has 1 aliphatic rings. The highest BCUT2D eigenvalue weighted by Crippen LogP contribution is 2.34. The molecule has 0 spiro atoms. The minimum atomic E-state index is -4.15. The third-order valence-electron chi connectivity index (χ3n) is 3.46. The molecule has 0 aliphatic carbocycles. The molecule has 20 heavy (non-hydrogen) atoms. The lowest BCUT2D eigenvalue weighted by Gasteiger charge is -2.34. The second-order valence-corrected chi connectivity index (χ2v) is 5.14. The van der Waals surface area contributed by atoms with Gasteiger partial charge >= 0.3 is 6.18 Å². The van der Waals surface area contributed by atoms with Gasteiger partial charge in [0.2, 0.25) is 0 Å². The van der Waals surface area contributed by atoms with E-state index in [0.29, 0.717) is 36.8 Å². The fourth-order valence-corrected chi connectivity index (χ4v) is 2.45. The SMILES string of the molecule is CCCc1nc(N)cc(N2CCCC(C(F)(F)F)C2)n1. The van der Waals surface area contributed by atoms with Crippen molar-refractivity contribution in [2.24, 2.45) is 5.92 Å². The van der Waals surface area contributed by atoms with Crippen molar-refractivity contribution in [2.45, 2.75) is 38.8 Å². The van der Waals surface area contributed by atoms with E-state index in [9.17, 15) is 13.2 Å². The molecule has 7 heteroatoms. The molecule has 0 saturated carbocycles. The molecule has 0 bridgehead atoms. The molecular weight excluding hydrogens is 269 g/mol. The maximum atomic E-state index is 12.8. The molecule has 0 amide bonds. The third-order valence-corrected chi connectivity index (χ3v) is 3.46. The smallest absolute Gasteiger partial charge is 0.384 e. The average molecular weight is 288 g/mol. The summed E-state index contributed by atoms with van der Waals surface area (Å²) in [6, 6.07) is 1.55. The fraction of sp³-hybridized carbons (Fsp3) is 0.692. The number of hydrogen-bond donors (Lipinski definition) is 1. The Morgan fingerprint density at radius 2 is 2.15 bits per heavy atom. The van der Waals surface area contributed by atoms with E-state index >= 15 is 0 Å². The van der Waals surface area contributed by atoms with Crippen LogP contribution in [0, 0.1) is 5.92 Å². The predicted molar refractivity (Wildman–Crippen MR) is 71.4 cm³/mol. The molecule has 1 aromatic rings. The number of aryl methyl sites for hydroxylation is 1. The Balaban J connectivity index is 2.18. The Morgan fingerprint density at radius 1 is 1.40 bits per heavy atom. The van der Waals surface area contributed by atoms with E-state index in [-0.39, 0.29) is 13.0 Å². The van der Waals surface area contributed by atoms with Crippen molar-refractivity contribution in [1.29, 1.82) is 0 Å². The van der Waals surface area contributed by atoms with Crippen LogP contribution in [0.4, 0.5) is 24.8 Å². The van der Waals surface area contributed by atoms with Crippen LogP contribution < -0.4 is 10.6 Å². The molecule has 2 heterocycles. The van der Waals surface area contributed by atoms with Gasteiger partial charge in [0.25, 0.3) is 0 Å². The van der Waals surface area contributed by atoms with Gasteiger partial charge in [0.1, 0.15) is 17.5 Å². The number of piperidine rings is 1. The fourth-order valence-electron chi connectivity index (χ4n) is 2.45. The summed E-state index contributed by atoms with van der Waals surface area (Å²) in [5, 5.41) is 0. The number of nitrogens with two attached hydrogens (primary N) is 1. The Bertz CT molecular complexity index is 461. The zero-order chi connectivity index (χ0) is 14.8. The van der Waals surface area contributed by atoms with Crippen LogP contribution in [0.3, 0.4) is 0 Å². The Labute approximate surface area is 116 Å². The first-order chi connectivity index (χ1) is 9.40. The molecule has 112 valence electrons.